The molecule has 7 nitrogen and oxygen atoms in total. The lowest BCUT2D eigenvalue weighted by Crippen LogP contribution is -2.35. The van der Waals surface area contributed by atoms with Crippen LogP contribution < -0.4 is 13.8 Å². The zero-order valence-corrected chi connectivity index (χ0v) is 19.5. The van der Waals surface area contributed by atoms with Gasteiger partial charge in [-0.2, -0.15) is 0 Å². The molecule has 0 aliphatic carbocycles. The van der Waals surface area contributed by atoms with Crippen molar-refractivity contribution in [1.82, 2.24) is 0 Å². The molecule has 1 heterocycles. The van der Waals surface area contributed by atoms with Gasteiger partial charge in [0.25, 0.3) is 20.0 Å². The standard InChI is InChI=1S/C23H23FN2O5S2/c1-2-31-23-13-11-20(16-21(23)24)32(27,28)25-18-10-12-22-17(15-18)7-6-14-26(22)33(29,30)19-8-4-3-5-9-19/h3-5,8-13,15-16,25H,2,6-7,14H2,1H3. The number of anilines is 2. The van der Waals surface area contributed by atoms with Crippen LogP contribution in [0.3, 0.4) is 0 Å². The highest BCUT2D eigenvalue weighted by Gasteiger charge is 2.29. The number of hydrogen-bond donors (Lipinski definition) is 1. The van der Waals surface area contributed by atoms with Crippen molar-refractivity contribution >= 4 is 31.4 Å². The first-order valence-corrected chi connectivity index (χ1v) is 13.3. The lowest BCUT2D eigenvalue weighted by molar-refractivity contribution is 0.321. The van der Waals surface area contributed by atoms with Crippen LogP contribution in [0.25, 0.3) is 0 Å². The van der Waals surface area contributed by atoms with E-state index in [0.717, 1.165) is 6.07 Å². The summed E-state index contributed by atoms with van der Waals surface area (Å²) in [5, 5.41) is 0. The minimum Gasteiger partial charge on any atom is -0.491 e. The Morgan fingerprint density at radius 1 is 0.970 bits per heavy atom. The fraction of sp³-hybridized carbons (Fsp3) is 0.217. The lowest BCUT2D eigenvalue weighted by Gasteiger charge is -2.31. The van der Waals surface area contributed by atoms with Gasteiger partial charge in [-0.15, -0.1) is 0 Å². The Morgan fingerprint density at radius 2 is 1.73 bits per heavy atom. The van der Waals surface area contributed by atoms with Crippen LogP contribution >= 0.6 is 0 Å². The summed E-state index contributed by atoms with van der Waals surface area (Å²) in [6, 6.07) is 16.3. The summed E-state index contributed by atoms with van der Waals surface area (Å²) >= 11 is 0. The topological polar surface area (TPSA) is 92.8 Å². The number of nitrogens with one attached hydrogen (secondary N) is 1. The number of ether oxygens (including phenoxy) is 1. The molecule has 3 aromatic carbocycles. The Bertz CT molecular complexity index is 1380. The molecule has 0 radical (unpaired) electrons. The SMILES string of the molecule is CCOc1ccc(S(=O)(=O)Nc2ccc3c(c2)CCCN3S(=O)(=O)c2ccccc2)cc1F. The van der Waals surface area contributed by atoms with Gasteiger partial charge in [-0.1, -0.05) is 18.2 Å². The molecule has 1 aliphatic heterocycles. The maximum atomic E-state index is 14.1. The predicted molar refractivity (Wildman–Crippen MR) is 124 cm³/mol. The van der Waals surface area contributed by atoms with E-state index in [-0.39, 0.29) is 27.8 Å². The van der Waals surface area contributed by atoms with Gasteiger partial charge in [0.15, 0.2) is 11.6 Å². The summed E-state index contributed by atoms with van der Waals surface area (Å²) < 4.78 is 74.8. The van der Waals surface area contributed by atoms with E-state index in [1.165, 1.54) is 22.5 Å². The van der Waals surface area contributed by atoms with E-state index < -0.39 is 25.9 Å². The van der Waals surface area contributed by atoms with Gasteiger partial charge >= 0.3 is 0 Å². The van der Waals surface area contributed by atoms with Gasteiger partial charge in [-0.3, -0.25) is 9.03 Å². The molecule has 0 bridgehead atoms. The summed E-state index contributed by atoms with van der Waals surface area (Å²) in [6.45, 7) is 2.29. The molecule has 3 aromatic rings. The molecule has 10 heteroatoms. The number of aryl methyl sites for hydroxylation is 1. The van der Waals surface area contributed by atoms with Crippen molar-refractivity contribution in [3.8, 4) is 5.75 Å². The highest BCUT2D eigenvalue weighted by Crippen LogP contribution is 2.34. The lowest BCUT2D eigenvalue weighted by atomic mass is 10.0. The number of nitrogens with zero attached hydrogens (tertiary/aromatic N) is 1. The quantitative estimate of drug-likeness (QED) is 0.537. The van der Waals surface area contributed by atoms with Crippen molar-refractivity contribution in [2.24, 2.45) is 0 Å². The van der Waals surface area contributed by atoms with Gasteiger partial charge < -0.3 is 4.74 Å². The van der Waals surface area contributed by atoms with E-state index in [9.17, 15) is 21.2 Å². The van der Waals surface area contributed by atoms with Crippen molar-refractivity contribution in [2.45, 2.75) is 29.6 Å². The maximum Gasteiger partial charge on any atom is 0.264 e. The van der Waals surface area contributed by atoms with Crippen LogP contribution in [0.5, 0.6) is 5.75 Å². The fourth-order valence-electron chi connectivity index (χ4n) is 3.73. The van der Waals surface area contributed by atoms with E-state index in [2.05, 4.69) is 4.72 Å². The molecule has 0 fully saturated rings. The number of benzene rings is 3. The van der Waals surface area contributed by atoms with E-state index in [1.807, 2.05) is 0 Å². The molecule has 0 saturated carbocycles. The van der Waals surface area contributed by atoms with Gasteiger partial charge in [-0.05, 0) is 73.9 Å². The van der Waals surface area contributed by atoms with Crippen LogP contribution in [0.4, 0.5) is 15.8 Å². The number of fused-ring (bicyclic) bond motifs is 1. The number of sulfonamides is 2. The van der Waals surface area contributed by atoms with Crippen molar-refractivity contribution in [3.05, 3.63) is 78.1 Å². The molecule has 0 unspecified atom stereocenters. The van der Waals surface area contributed by atoms with Crippen molar-refractivity contribution in [2.75, 3.05) is 22.2 Å². The first-order valence-electron chi connectivity index (χ1n) is 10.4. The van der Waals surface area contributed by atoms with E-state index in [4.69, 9.17) is 4.74 Å². The Balaban J connectivity index is 1.62. The molecule has 0 aromatic heterocycles. The van der Waals surface area contributed by atoms with Gasteiger partial charge in [0.2, 0.25) is 0 Å². The molecule has 0 spiro atoms. The third-order valence-electron chi connectivity index (χ3n) is 5.25. The zero-order chi connectivity index (χ0) is 23.6. The van der Waals surface area contributed by atoms with Crippen LogP contribution in [0, 0.1) is 5.82 Å². The molecule has 0 saturated heterocycles. The van der Waals surface area contributed by atoms with E-state index in [0.29, 0.717) is 30.6 Å². The highest BCUT2D eigenvalue weighted by molar-refractivity contribution is 7.93. The minimum atomic E-state index is -4.06. The second kappa shape index (κ2) is 9.03. The predicted octanol–water partition coefficient (Wildman–Crippen LogP) is 4.17. The van der Waals surface area contributed by atoms with Gasteiger partial charge in [0.1, 0.15) is 0 Å². The van der Waals surface area contributed by atoms with Crippen LogP contribution in [0.2, 0.25) is 0 Å². The van der Waals surface area contributed by atoms with E-state index >= 15 is 0 Å². The van der Waals surface area contributed by atoms with Crippen LogP contribution in [-0.2, 0) is 26.5 Å². The van der Waals surface area contributed by atoms with E-state index in [1.54, 1.807) is 49.4 Å². The summed E-state index contributed by atoms with van der Waals surface area (Å²) in [7, 11) is -7.80. The third kappa shape index (κ3) is 4.67. The number of hydrogen-bond acceptors (Lipinski definition) is 5. The number of halogens is 1. The third-order valence-corrected chi connectivity index (χ3v) is 8.46. The first-order chi connectivity index (χ1) is 15.7. The van der Waals surface area contributed by atoms with Gasteiger partial charge in [0, 0.05) is 12.2 Å². The monoisotopic (exact) mass is 490 g/mol. The normalized spacial score (nSPS) is 13.9. The molecule has 174 valence electrons. The Labute approximate surface area is 192 Å². The summed E-state index contributed by atoms with van der Waals surface area (Å²) in [6.07, 6.45) is 1.20. The highest BCUT2D eigenvalue weighted by atomic mass is 32.2. The molecule has 4 rings (SSSR count). The molecule has 33 heavy (non-hydrogen) atoms. The largest absolute Gasteiger partial charge is 0.491 e. The van der Waals surface area contributed by atoms with Crippen LogP contribution in [0.15, 0.2) is 76.5 Å². The molecule has 0 atom stereocenters. The molecular formula is C23H23FN2O5S2. The maximum absolute atomic E-state index is 14.1. The van der Waals surface area contributed by atoms with Gasteiger partial charge in [0.05, 0.1) is 22.1 Å². The molecule has 1 N–H and O–H groups in total. The second-order valence-corrected chi connectivity index (χ2v) is 11.0. The molecule has 0 amide bonds. The first kappa shape index (κ1) is 23.1. The minimum absolute atomic E-state index is 0.0232. The second-order valence-electron chi connectivity index (χ2n) is 7.47. The Kier molecular flexibility index (Phi) is 6.31. The average Bonchev–Trinajstić information content (AvgIpc) is 2.80. The zero-order valence-electron chi connectivity index (χ0n) is 17.9. The van der Waals surface area contributed by atoms with Crippen molar-refractivity contribution < 1.29 is 26.0 Å². The van der Waals surface area contributed by atoms with Crippen LogP contribution in [0.1, 0.15) is 18.9 Å². The Hall–Kier alpha value is -3.11. The number of rotatable bonds is 7. The summed E-state index contributed by atoms with van der Waals surface area (Å²) in [5.41, 5.74) is 1.49. The van der Waals surface area contributed by atoms with Gasteiger partial charge in [-0.25, -0.2) is 21.2 Å². The van der Waals surface area contributed by atoms with Crippen LogP contribution in [-0.4, -0.2) is 30.0 Å². The Morgan fingerprint density at radius 3 is 2.42 bits per heavy atom. The fourth-order valence-corrected chi connectivity index (χ4v) is 6.35. The average molecular weight is 491 g/mol. The summed E-state index contributed by atoms with van der Waals surface area (Å²) in [5.74, 6) is -0.795. The molecular weight excluding hydrogens is 467 g/mol. The molecule has 1 aliphatic rings. The van der Waals surface area contributed by atoms with Crippen molar-refractivity contribution in [1.29, 1.82) is 0 Å². The summed E-state index contributed by atoms with van der Waals surface area (Å²) in [4.78, 5) is -0.0467. The smallest absolute Gasteiger partial charge is 0.264 e. The van der Waals surface area contributed by atoms with Crippen molar-refractivity contribution in [3.63, 3.8) is 0 Å².